The zero-order valence-corrected chi connectivity index (χ0v) is 23.3. The lowest BCUT2D eigenvalue weighted by Crippen LogP contribution is -2.30. The summed E-state index contributed by atoms with van der Waals surface area (Å²) in [6.07, 6.45) is -1.49. The molecule has 6 rings (SSSR count). The van der Waals surface area contributed by atoms with E-state index in [1.54, 1.807) is 29.4 Å². The zero-order valence-electron chi connectivity index (χ0n) is 22.5. The lowest BCUT2D eigenvalue weighted by molar-refractivity contribution is -0.274. The highest BCUT2D eigenvalue weighted by molar-refractivity contribution is 8.15. The molecule has 1 fully saturated rings. The van der Waals surface area contributed by atoms with Gasteiger partial charge in [0, 0.05) is 5.56 Å². The fraction of sp³-hybridized carbons (Fsp3) is 0.200. The van der Waals surface area contributed by atoms with E-state index in [4.69, 9.17) is 4.74 Å². The monoisotopic (exact) mass is 591 g/mol. The molecule has 42 heavy (non-hydrogen) atoms. The van der Waals surface area contributed by atoms with Gasteiger partial charge in [0.25, 0.3) is 0 Å². The van der Waals surface area contributed by atoms with Gasteiger partial charge in [0.1, 0.15) is 17.3 Å². The normalized spacial score (nSPS) is 15.8. The lowest BCUT2D eigenvalue weighted by atomic mass is 10.0. The number of aromatic nitrogens is 2. The number of carbonyl (C=O) groups excluding carboxylic acids is 1. The van der Waals surface area contributed by atoms with Gasteiger partial charge in [-0.05, 0) is 59.5 Å². The van der Waals surface area contributed by atoms with Gasteiger partial charge in [0.05, 0.1) is 35.1 Å². The second kappa shape index (κ2) is 11.0. The number of imidazole rings is 1. The van der Waals surface area contributed by atoms with Crippen molar-refractivity contribution in [2.24, 2.45) is 10.2 Å². The molecule has 1 amide bonds. The molecule has 214 valence electrons. The number of para-hydroxylation sites is 1. The van der Waals surface area contributed by atoms with Crippen molar-refractivity contribution < 1.29 is 27.4 Å². The molecule has 0 saturated carbocycles. The average Bonchev–Trinajstić information content (AvgIpc) is 3.56. The summed E-state index contributed by atoms with van der Waals surface area (Å²) in [4.78, 5) is 18.9. The molecular formula is C30H24F3N5O3S. The van der Waals surface area contributed by atoms with E-state index in [2.05, 4.69) is 33.8 Å². The van der Waals surface area contributed by atoms with Crippen molar-refractivity contribution in [1.29, 1.82) is 0 Å². The number of ether oxygens (including phenoxy) is 2. The van der Waals surface area contributed by atoms with Crippen molar-refractivity contribution in [3.63, 3.8) is 0 Å². The second-order valence-corrected chi connectivity index (χ2v) is 10.8. The van der Waals surface area contributed by atoms with E-state index in [1.165, 1.54) is 23.9 Å². The molecule has 2 aliphatic heterocycles. The maximum absolute atomic E-state index is 12.7. The molecular weight excluding hydrogens is 567 g/mol. The topological polar surface area (TPSA) is 81.3 Å². The number of hydrogen-bond donors (Lipinski definition) is 0. The van der Waals surface area contributed by atoms with Crippen LogP contribution in [-0.2, 0) is 11.5 Å². The van der Waals surface area contributed by atoms with Crippen molar-refractivity contribution in [2.45, 2.75) is 32.9 Å². The Morgan fingerprint density at radius 1 is 1.10 bits per heavy atom. The number of alkyl halides is 3. The van der Waals surface area contributed by atoms with Crippen molar-refractivity contribution in [2.75, 3.05) is 10.7 Å². The van der Waals surface area contributed by atoms with Crippen LogP contribution in [0.2, 0.25) is 0 Å². The summed E-state index contributed by atoms with van der Waals surface area (Å²) < 4.78 is 49.3. The number of nitrogens with zero attached hydrogens (tertiary/aromatic N) is 5. The lowest BCUT2D eigenvalue weighted by Gasteiger charge is -2.21. The Morgan fingerprint density at radius 3 is 2.64 bits per heavy atom. The first-order chi connectivity index (χ1) is 20.2. The predicted octanol–water partition coefficient (Wildman–Crippen LogP) is 7.06. The maximum atomic E-state index is 12.7. The fourth-order valence-corrected chi connectivity index (χ4v) is 5.65. The van der Waals surface area contributed by atoms with Crippen molar-refractivity contribution >= 4 is 34.7 Å². The molecule has 1 aromatic heterocycles. The number of carbonyl (C=O) groups is 1. The molecule has 0 unspecified atom stereocenters. The van der Waals surface area contributed by atoms with Gasteiger partial charge in [-0.2, -0.15) is 5.10 Å². The minimum Gasteiger partial charge on any atom is -0.472 e. The molecule has 4 aromatic rings. The number of amides is 1. The summed E-state index contributed by atoms with van der Waals surface area (Å²) in [6.45, 7) is 4.34. The Labute approximate surface area is 243 Å². The molecule has 0 N–H and O–H groups in total. The van der Waals surface area contributed by atoms with E-state index in [0.717, 1.165) is 22.4 Å². The third-order valence-electron chi connectivity index (χ3n) is 6.75. The molecule has 0 bridgehead atoms. The molecule has 0 spiro atoms. The van der Waals surface area contributed by atoms with Gasteiger partial charge in [-0.1, -0.05) is 49.9 Å². The van der Waals surface area contributed by atoms with Crippen LogP contribution in [0.5, 0.6) is 11.5 Å². The largest absolute Gasteiger partial charge is 0.573 e. The summed E-state index contributed by atoms with van der Waals surface area (Å²) in [5, 5.41) is 9.15. The van der Waals surface area contributed by atoms with E-state index in [9.17, 15) is 18.0 Å². The highest BCUT2D eigenvalue weighted by Crippen LogP contribution is 2.38. The molecule has 8 nitrogen and oxygen atoms in total. The van der Waals surface area contributed by atoms with Crippen LogP contribution in [0.3, 0.4) is 0 Å². The van der Waals surface area contributed by atoms with Crippen molar-refractivity contribution in [3.05, 3.63) is 84.1 Å². The van der Waals surface area contributed by atoms with Gasteiger partial charge < -0.3 is 9.47 Å². The highest BCUT2D eigenvalue weighted by atomic mass is 32.2. The van der Waals surface area contributed by atoms with Gasteiger partial charge in [0.15, 0.2) is 11.9 Å². The Hall–Kier alpha value is -4.58. The minimum atomic E-state index is -4.75. The summed E-state index contributed by atoms with van der Waals surface area (Å²) in [7, 11) is 0. The molecule has 0 atom stereocenters. The first kappa shape index (κ1) is 27.6. The zero-order chi connectivity index (χ0) is 29.4. The van der Waals surface area contributed by atoms with E-state index in [0.29, 0.717) is 33.8 Å². The SMILES string of the molecule is CC(C)c1ccccc1N1C(=O)CSC1=NN=Cc1ccc2c(c1)OCn1c(-c3ccc(OC(F)(F)F)cc3)cnc1-2. The van der Waals surface area contributed by atoms with E-state index >= 15 is 0 Å². The van der Waals surface area contributed by atoms with Crippen LogP contribution >= 0.6 is 11.8 Å². The number of amidine groups is 1. The Balaban J connectivity index is 1.21. The van der Waals surface area contributed by atoms with E-state index in [-0.39, 0.29) is 24.3 Å². The Bertz CT molecular complexity index is 1710. The van der Waals surface area contributed by atoms with Crippen LogP contribution in [-0.4, -0.2) is 39.0 Å². The Kier molecular flexibility index (Phi) is 7.23. The van der Waals surface area contributed by atoms with Crippen LogP contribution < -0.4 is 14.4 Å². The molecule has 0 aliphatic carbocycles. The van der Waals surface area contributed by atoms with Crippen molar-refractivity contribution in [1.82, 2.24) is 9.55 Å². The first-order valence-electron chi connectivity index (χ1n) is 13.0. The van der Waals surface area contributed by atoms with Crippen LogP contribution in [0.25, 0.3) is 22.6 Å². The summed E-state index contributed by atoms with van der Waals surface area (Å²) in [5.74, 6) is 1.49. The van der Waals surface area contributed by atoms with Crippen LogP contribution in [0.1, 0.15) is 30.9 Å². The summed E-state index contributed by atoms with van der Waals surface area (Å²) in [6, 6.07) is 19.0. The molecule has 2 aliphatic rings. The first-order valence-corrected chi connectivity index (χ1v) is 14.0. The van der Waals surface area contributed by atoms with Gasteiger partial charge in [-0.15, -0.1) is 18.3 Å². The average molecular weight is 592 g/mol. The van der Waals surface area contributed by atoms with Gasteiger partial charge >= 0.3 is 6.36 Å². The number of fused-ring (bicyclic) bond motifs is 3. The van der Waals surface area contributed by atoms with Crippen LogP contribution in [0.15, 0.2) is 83.1 Å². The molecule has 12 heteroatoms. The van der Waals surface area contributed by atoms with Crippen LogP contribution in [0.4, 0.5) is 18.9 Å². The quantitative estimate of drug-likeness (QED) is 0.177. The number of hydrogen-bond acceptors (Lipinski definition) is 7. The van der Waals surface area contributed by atoms with E-state index < -0.39 is 6.36 Å². The number of anilines is 1. The fourth-order valence-electron chi connectivity index (χ4n) is 4.83. The second-order valence-electron chi connectivity index (χ2n) is 9.85. The number of benzene rings is 3. The number of thioether (sulfide) groups is 1. The smallest absolute Gasteiger partial charge is 0.472 e. The van der Waals surface area contributed by atoms with Crippen LogP contribution in [0, 0.1) is 0 Å². The number of halogens is 3. The molecule has 3 aromatic carbocycles. The van der Waals surface area contributed by atoms with E-state index in [1.807, 2.05) is 47.0 Å². The standard InChI is InChI=1S/C30H24F3N5O3S/c1-18(2)22-5-3-4-6-24(22)38-27(39)16-42-29(38)36-35-14-19-7-12-23-26(13-19)40-17-37-25(15-34-28(23)37)20-8-10-21(11-9-20)41-30(31,32)33/h3-15,18H,16-17H2,1-2H3. The maximum Gasteiger partial charge on any atom is 0.573 e. The minimum absolute atomic E-state index is 0.0373. The summed E-state index contributed by atoms with van der Waals surface area (Å²) in [5.41, 5.74) is 4.77. The van der Waals surface area contributed by atoms with Gasteiger partial charge in [0.2, 0.25) is 5.91 Å². The molecule has 3 heterocycles. The molecule has 0 radical (unpaired) electrons. The third kappa shape index (κ3) is 5.49. The summed E-state index contributed by atoms with van der Waals surface area (Å²) >= 11 is 1.35. The van der Waals surface area contributed by atoms with Crippen molar-refractivity contribution in [3.8, 4) is 34.1 Å². The number of rotatable bonds is 6. The molecule has 1 saturated heterocycles. The van der Waals surface area contributed by atoms with Gasteiger partial charge in [-0.3, -0.25) is 14.3 Å². The Morgan fingerprint density at radius 2 is 1.88 bits per heavy atom. The third-order valence-corrected chi connectivity index (χ3v) is 7.66. The van der Waals surface area contributed by atoms with Gasteiger partial charge in [-0.25, -0.2) is 4.98 Å². The highest BCUT2D eigenvalue weighted by Gasteiger charge is 2.32. The predicted molar refractivity (Wildman–Crippen MR) is 156 cm³/mol.